The SMILES string of the molecule is Cn1cnc(-c2ccc(CC(=O)O)[nH]2)c1. The molecule has 78 valence electrons. The van der Waals surface area contributed by atoms with Gasteiger partial charge in [0.1, 0.15) is 5.69 Å². The molecule has 5 heteroatoms. The molecule has 0 saturated heterocycles. The second kappa shape index (κ2) is 3.61. The van der Waals surface area contributed by atoms with E-state index in [1.807, 2.05) is 23.9 Å². The maximum Gasteiger partial charge on any atom is 0.309 e. The number of nitrogens with zero attached hydrogens (tertiary/aromatic N) is 2. The number of carboxylic acids is 1. The molecule has 0 fully saturated rings. The van der Waals surface area contributed by atoms with Crippen LogP contribution in [-0.4, -0.2) is 25.6 Å². The van der Waals surface area contributed by atoms with Gasteiger partial charge in [-0.2, -0.15) is 0 Å². The summed E-state index contributed by atoms with van der Waals surface area (Å²) in [6.45, 7) is 0. The lowest BCUT2D eigenvalue weighted by molar-refractivity contribution is -0.136. The predicted molar refractivity (Wildman–Crippen MR) is 54.3 cm³/mol. The van der Waals surface area contributed by atoms with Gasteiger partial charge < -0.3 is 14.7 Å². The summed E-state index contributed by atoms with van der Waals surface area (Å²) >= 11 is 0. The lowest BCUT2D eigenvalue weighted by atomic mass is 10.3. The standard InChI is InChI=1S/C10H11N3O2/c1-13-5-9(11-6-13)8-3-2-7(12-8)4-10(14)15/h2-3,5-6,12H,4H2,1H3,(H,14,15). The minimum absolute atomic E-state index is 0.00678. The van der Waals surface area contributed by atoms with Crippen LogP contribution in [0, 0.1) is 0 Å². The molecule has 2 rings (SSSR count). The van der Waals surface area contributed by atoms with Gasteiger partial charge in [0.2, 0.25) is 0 Å². The van der Waals surface area contributed by atoms with E-state index in [1.165, 1.54) is 0 Å². The molecule has 0 aliphatic carbocycles. The Morgan fingerprint density at radius 2 is 2.40 bits per heavy atom. The monoisotopic (exact) mass is 205 g/mol. The summed E-state index contributed by atoms with van der Waals surface area (Å²) < 4.78 is 1.84. The molecule has 0 unspecified atom stereocenters. The van der Waals surface area contributed by atoms with E-state index in [1.54, 1.807) is 12.4 Å². The Morgan fingerprint density at radius 1 is 1.60 bits per heavy atom. The molecular formula is C10H11N3O2. The third kappa shape index (κ3) is 2.07. The Morgan fingerprint density at radius 3 is 3.00 bits per heavy atom. The number of imidazole rings is 1. The molecular weight excluding hydrogens is 194 g/mol. The van der Waals surface area contributed by atoms with Crippen molar-refractivity contribution in [3.63, 3.8) is 0 Å². The molecule has 0 atom stereocenters. The Kier molecular flexibility index (Phi) is 2.29. The highest BCUT2D eigenvalue weighted by atomic mass is 16.4. The maximum atomic E-state index is 10.5. The molecule has 0 aliphatic rings. The molecule has 2 heterocycles. The van der Waals surface area contributed by atoms with Crippen molar-refractivity contribution in [3.8, 4) is 11.4 Å². The number of hydrogen-bond acceptors (Lipinski definition) is 2. The highest BCUT2D eigenvalue weighted by molar-refractivity contribution is 5.70. The molecule has 0 bridgehead atoms. The fourth-order valence-electron chi connectivity index (χ4n) is 1.41. The number of carbonyl (C=O) groups is 1. The Bertz CT molecular complexity index is 484. The van der Waals surface area contributed by atoms with Gasteiger partial charge in [-0.25, -0.2) is 4.98 Å². The third-order valence-electron chi connectivity index (χ3n) is 2.07. The van der Waals surface area contributed by atoms with Crippen molar-refractivity contribution >= 4 is 5.97 Å². The number of aromatic nitrogens is 3. The summed E-state index contributed by atoms with van der Waals surface area (Å²) in [6.07, 6.45) is 3.58. The highest BCUT2D eigenvalue weighted by Gasteiger charge is 2.06. The summed E-state index contributed by atoms with van der Waals surface area (Å²) in [4.78, 5) is 17.7. The summed E-state index contributed by atoms with van der Waals surface area (Å²) in [5.41, 5.74) is 2.34. The topological polar surface area (TPSA) is 70.9 Å². The lowest BCUT2D eigenvalue weighted by Crippen LogP contribution is -1.99. The number of H-pyrrole nitrogens is 1. The largest absolute Gasteiger partial charge is 0.481 e. The molecule has 0 spiro atoms. The van der Waals surface area contributed by atoms with E-state index in [2.05, 4.69) is 9.97 Å². The fraction of sp³-hybridized carbons (Fsp3) is 0.200. The van der Waals surface area contributed by atoms with E-state index < -0.39 is 5.97 Å². The first-order chi connectivity index (χ1) is 7.15. The number of carboxylic acid groups (broad SMARTS) is 1. The fourth-order valence-corrected chi connectivity index (χ4v) is 1.41. The molecule has 0 saturated carbocycles. The molecule has 2 aromatic rings. The quantitative estimate of drug-likeness (QED) is 0.786. The molecule has 5 nitrogen and oxygen atoms in total. The minimum atomic E-state index is -0.843. The van der Waals surface area contributed by atoms with Gasteiger partial charge in [0.15, 0.2) is 0 Å². The average Bonchev–Trinajstić information content (AvgIpc) is 2.72. The van der Waals surface area contributed by atoms with Crippen LogP contribution >= 0.6 is 0 Å². The van der Waals surface area contributed by atoms with E-state index in [0.29, 0.717) is 5.69 Å². The first-order valence-corrected chi connectivity index (χ1v) is 4.53. The molecule has 2 aromatic heterocycles. The Labute approximate surface area is 86.4 Å². The van der Waals surface area contributed by atoms with Gasteiger partial charge >= 0.3 is 5.97 Å². The molecule has 2 N–H and O–H groups in total. The summed E-state index contributed by atoms with van der Waals surface area (Å²) in [5.74, 6) is -0.843. The smallest absolute Gasteiger partial charge is 0.309 e. The zero-order valence-electron chi connectivity index (χ0n) is 8.27. The van der Waals surface area contributed by atoms with Crippen LogP contribution in [-0.2, 0) is 18.3 Å². The Balaban J connectivity index is 2.23. The van der Waals surface area contributed by atoms with Crippen molar-refractivity contribution < 1.29 is 9.90 Å². The molecule has 0 radical (unpaired) electrons. The number of rotatable bonds is 3. The lowest BCUT2D eigenvalue weighted by Gasteiger charge is -1.92. The van der Waals surface area contributed by atoms with Crippen LogP contribution in [0.1, 0.15) is 5.69 Å². The number of aliphatic carboxylic acids is 1. The van der Waals surface area contributed by atoms with E-state index >= 15 is 0 Å². The normalized spacial score (nSPS) is 10.5. The second-order valence-corrected chi connectivity index (χ2v) is 3.39. The second-order valence-electron chi connectivity index (χ2n) is 3.39. The zero-order valence-corrected chi connectivity index (χ0v) is 8.27. The number of aromatic amines is 1. The predicted octanol–water partition coefficient (Wildman–Crippen LogP) is 1.04. The van der Waals surface area contributed by atoms with Crippen LogP contribution in [0.5, 0.6) is 0 Å². The van der Waals surface area contributed by atoms with Crippen LogP contribution in [0.3, 0.4) is 0 Å². The van der Waals surface area contributed by atoms with Gasteiger partial charge in [-0.05, 0) is 12.1 Å². The van der Waals surface area contributed by atoms with Crippen molar-refractivity contribution in [1.29, 1.82) is 0 Å². The highest BCUT2D eigenvalue weighted by Crippen LogP contribution is 2.15. The van der Waals surface area contributed by atoms with Gasteiger partial charge in [-0.3, -0.25) is 4.79 Å². The number of aryl methyl sites for hydroxylation is 1. The van der Waals surface area contributed by atoms with Crippen LogP contribution in [0.15, 0.2) is 24.7 Å². The molecule has 0 aliphatic heterocycles. The van der Waals surface area contributed by atoms with Crippen molar-refractivity contribution in [3.05, 3.63) is 30.4 Å². The van der Waals surface area contributed by atoms with Crippen molar-refractivity contribution in [1.82, 2.24) is 14.5 Å². The summed E-state index contributed by atoms with van der Waals surface area (Å²) in [6, 6.07) is 3.60. The minimum Gasteiger partial charge on any atom is -0.481 e. The molecule has 0 amide bonds. The van der Waals surface area contributed by atoms with Gasteiger partial charge in [0, 0.05) is 18.9 Å². The third-order valence-corrected chi connectivity index (χ3v) is 2.07. The van der Waals surface area contributed by atoms with E-state index in [-0.39, 0.29) is 6.42 Å². The van der Waals surface area contributed by atoms with Gasteiger partial charge in [-0.1, -0.05) is 0 Å². The van der Waals surface area contributed by atoms with E-state index in [0.717, 1.165) is 11.4 Å². The number of nitrogens with one attached hydrogen (secondary N) is 1. The van der Waals surface area contributed by atoms with Crippen molar-refractivity contribution in [2.75, 3.05) is 0 Å². The van der Waals surface area contributed by atoms with Crippen molar-refractivity contribution in [2.45, 2.75) is 6.42 Å². The van der Waals surface area contributed by atoms with Crippen LogP contribution in [0.25, 0.3) is 11.4 Å². The van der Waals surface area contributed by atoms with E-state index in [4.69, 9.17) is 5.11 Å². The van der Waals surface area contributed by atoms with Gasteiger partial charge in [0.05, 0.1) is 18.4 Å². The Hall–Kier alpha value is -2.04. The van der Waals surface area contributed by atoms with E-state index in [9.17, 15) is 4.79 Å². The van der Waals surface area contributed by atoms with Crippen molar-refractivity contribution in [2.24, 2.45) is 7.05 Å². The first kappa shape index (κ1) is 9.51. The average molecular weight is 205 g/mol. The summed E-state index contributed by atoms with van der Waals surface area (Å²) in [5, 5.41) is 8.61. The molecule has 0 aromatic carbocycles. The maximum absolute atomic E-state index is 10.5. The van der Waals surface area contributed by atoms with Gasteiger partial charge in [0.25, 0.3) is 0 Å². The van der Waals surface area contributed by atoms with Gasteiger partial charge in [-0.15, -0.1) is 0 Å². The van der Waals surface area contributed by atoms with Crippen LogP contribution < -0.4 is 0 Å². The van der Waals surface area contributed by atoms with Crippen LogP contribution in [0.2, 0.25) is 0 Å². The first-order valence-electron chi connectivity index (χ1n) is 4.53. The summed E-state index contributed by atoms with van der Waals surface area (Å²) in [7, 11) is 1.89. The number of hydrogen-bond donors (Lipinski definition) is 2. The van der Waals surface area contributed by atoms with Crippen LogP contribution in [0.4, 0.5) is 0 Å². The zero-order chi connectivity index (χ0) is 10.8. The molecule has 15 heavy (non-hydrogen) atoms.